The first-order valence-electron chi connectivity index (χ1n) is 6.49. The SMILES string of the molecule is CC1(C)C(N)C(C)(C)C1NC(=O)c1ccc(Cl)cc1. The molecular weight excluding hydrogens is 260 g/mol. The minimum absolute atomic E-state index is 0.0678. The number of nitrogens with one attached hydrogen (secondary N) is 1. The summed E-state index contributed by atoms with van der Waals surface area (Å²) >= 11 is 5.82. The van der Waals surface area contributed by atoms with Crippen LogP contribution in [0.4, 0.5) is 0 Å². The van der Waals surface area contributed by atoms with Gasteiger partial charge in [-0.3, -0.25) is 4.79 Å². The average Bonchev–Trinajstić information content (AvgIpc) is 2.35. The maximum Gasteiger partial charge on any atom is 0.251 e. The highest BCUT2D eigenvalue weighted by molar-refractivity contribution is 6.30. The zero-order valence-corrected chi connectivity index (χ0v) is 12.6. The van der Waals surface area contributed by atoms with E-state index in [1.165, 1.54) is 0 Å². The zero-order valence-electron chi connectivity index (χ0n) is 11.8. The standard InChI is InChI=1S/C15H21ClN2O/c1-14(2)12(17)15(3,4)13(14)18-11(19)9-5-7-10(16)8-6-9/h5-8,12-13H,17H2,1-4H3,(H,18,19). The normalized spacial score (nSPS) is 27.5. The van der Waals surface area contributed by atoms with Crippen molar-refractivity contribution >= 4 is 17.5 Å². The summed E-state index contributed by atoms with van der Waals surface area (Å²) in [5.41, 5.74) is 6.63. The van der Waals surface area contributed by atoms with Crippen molar-refractivity contribution in [2.45, 2.75) is 39.8 Å². The summed E-state index contributed by atoms with van der Waals surface area (Å²) in [6, 6.07) is 7.05. The molecule has 0 aromatic heterocycles. The van der Waals surface area contributed by atoms with Gasteiger partial charge < -0.3 is 11.1 Å². The fraction of sp³-hybridized carbons (Fsp3) is 0.533. The number of halogens is 1. The Morgan fingerprint density at radius 3 is 2.11 bits per heavy atom. The molecule has 4 heteroatoms. The molecule has 2 rings (SSSR count). The Morgan fingerprint density at radius 1 is 1.16 bits per heavy atom. The maximum absolute atomic E-state index is 12.2. The molecule has 0 spiro atoms. The summed E-state index contributed by atoms with van der Waals surface area (Å²) in [6.07, 6.45) is 0. The van der Waals surface area contributed by atoms with Crippen LogP contribution in [0.3, 0.4) is 0 Å². The van der Waals surface area contributed by atoms with Gasteiger partial charge in [-0.25, -0.2) is 0 Å². The predicted octanol–water partition coefficient (Wildman–Crippen LogP) is 2.83. The van der Waals surface area contributed by atoms with E-state index < -0.39 is 0 Å². The van der Waals surface area contributed by atoms with Crippen LogP contribution in [0, 0.1) is 10.8 Å². The number of hydrogen-bond donors (Lipinski definition) is 2. The smallest absolute Gasteiger partial charge is 0.251 e. The van der Waals surface area contributed by atoms with E-state index in [4.69, 9.17) is 17.3 Å². The lowest BCUT2D eigenvalue weighted by Crippen LogP contribution is -2.76. The molecule has 0 radical (unpaired) electrons. The molecule has 3 nitrogen and oxygen atoms in total. The van der Waals surface area contributed by atoms with Crippen molar-refractivity contribution in [1.82, 2.24) is 5.32 Å². The highest BCUT2D eigenvalue weighted by Gasteiger charge is 2.60. The average molecular weight is 281 g/mol. The van der Waals surface area contributed by atoms with Crippen molar-refractivity contribution in [2.75, 3.05) is 0 Å². The van der Waals surface area contributed by atoms with Crippen LogP contribution in [0.5, 0.6) is 0 Å². The first-order chi connectivity index (χ1) is 8.67. The zero-order chi connectivity index (χ0) is 14.4. The Labute approximate surface area is 119 Å². The van der Waals surface area contributed by atoms with E-state index in [0.29, 0.717) is 10.6 Å². The number of amides is 1. The molecule has 1 aromatic rings. The van der Waals surface area contributed by atoms with Gasteiger partial charge in [0.2, 0.25) is 0 Å². The van der Waals surface area contributed by atoms with Crippen molar-refractivity contribution in [3.8, 4) is 0 Å². The van der Waals surface area contributed by atoms with Crippen LogP contribution < -0.4 is 11.1 Å². The van der Waals surface area contributed by atoms with Crippen LogP contribution in [0.25, 0.3) is 0 Å². The van der Waals surface area contributed by atoms with Crippen LogP contribution >= 0.6 is 11.6 Å². The molecule has 1 amide bonds. The number of carbonyl (C=O) groups is 1. The van der Waals surface area contributed by atoms with Crippen molar-refractivity contribution in [3.05, 3.63) is 34.9 Å². The Balaban J connectivity index is 2.13. The molecular formula is C15H21ClN2O. The van der Waals surface area contributed by atoms with Gasteiger partial charge in [0.25, 0.3) is 5.91 Å². The molecule has 104 valence electrons. The molecule has 19 heavy (non-hydrogen) atoms. The molecule has 0 atom stereocenters. The van der Waals surface area contributed by atoms with Gasteiger partial charge in [-0.2, -0.15) is 0 Å². The quantitative estimate of drug-likeness (QED) is 0.875. The van der Waals surface area contributed by atoms with Gasteiger partial charge in [-0.05, 0) is 24.3 Å². The van der Waals surface area contributed by atoms with E-state index in [9.17, 15) is 4.79 Å². The van der Waals surface area contributed by atoms with Gasteiger partial charge >= 0.3 is 0 Å². The van der Waals surface area contributed by atoms with Crippen LogP contribution in [0.1, 0.15) is 38.1 Å². The van der Waals surface area contributed by atoms with E-state index in [1.807, 2.05) is 0 Å². The third-order valence-corrected chi connectivity index (χ3v) is 4.72. The molecule has 0 heterocycles. The van der Waals surface area contributed by atoms with Gasteiger partial charge in [0.05, 0.1) is 0 Å². The number of rotatable bonds is 2. The van der Waals surface area contributed by atoms with Gasteiger partial charge in [0.15, 0.2) is 0 Å². The third kappa shape index (κ3) is 2.26. The molecule has 3 N–H and O–H groups in total. The Morgan fingerprint density at radius 2 is 1.63 bits per heavy atom. The molecule has 1 saturated carbocycles. The summed E-state index contributed by atoms with van der Waals surface area (Å²) in [5, 5.41) is 3.73. The van der Waals surface area contributed by atoms with Crippen molar-refractivity contribution in [3.63, 3.8) is 0 Å². The van der Waals surface area contributed by atoms with E-state index in [-0.39, 0.29) is 28.8 Å². The monoisotopic (exact) mass is 280 g/mol. The Hall–Kier alpha value is -1.06. The van der Waals surface area contributed by atoms with Gasteiger partial charge in [0, 0.05) is 33.5 Å². The summed E-state index contributed by atoms with van der Waals surface area (Å²) in [7, 11) is 0. The highest BCUT2D eigenvalue weighted by atomic mass is 35.5. The van der Waals surface area contributed by atoms with E-state index >= 15 is 0 Å². The van der Waals surface area contributed by atoms with Crippen LogP contribution in [-0.2, 0) is 0 Å². The predicted molar refractivity (Wildman–Crippen MR) is 78.2 cm³/mol. The van der Waals surface area contributed by atoms with Crippen LogP contribution in [0.15, 0.2) is 24.3 Å². The minimum atomic E-state index is -0.0917. The summed E-state index contributed by atoms with van der Waals surface area (Å²) in [4.78, 5) is 12.2. The number of carbonyl (C=O) groups excluding carboxylic acids is 1. The number of nitrogens with two attached hydrogens (primary N) is 1. The second-order valence-corrected chi connectivity index (χ2v) is 6.97. The van der Waals surface area contributed by atoms with Crippen LogP contribution in [-0.4, -0.2) is 18.0 Å². The molecule has 1 aliphatic rings. The largest absolute Gasteiger partial charge is 0.348 e. The second-order valence-electron chi connectivity index (χ2n) is 6.53. The maximum atomic E-state index is 12.2. The number of hydrogen-bond acceptors (Lipinski definition) is 2. The topological polar surface area (TPSA) is 55.1 Å². The second kappa shape index (κ2) is 4.50. The summed E-state index contributed by atoms with van der Waals surface area (Å²) < 4.78 is 0. The van der Waals surface area contributed by atoms with E-state index in [0.717, 1.165) is 0 Å². The molecule has 0 saturated heterocycles. The fourth-order valence-electron chi connectivity index (χ4n) is 3.37. The molecule has 1 fully saturated rings. The highest BCUT2D eigenvalue weighted by Crippen LogP contribution is 2.52. The summed E-state index contributed by atoms with van der Waals surface area (Å²) in [6.45, 7) is 8.37. The molecule has 0 bridgehead atoms. The summed E-state index contributed by atoms with van der Waals surface area (Å²) in [5.74, 6) is -0.0743. The minimum Gasteiger partial charge on any atom is -0.348 e. The molecule has 1 aromatic carbocycles. The van der Waals surface area contributed by atoms with Crippen molar-refractivity contribution in [2.24, 2.45) is 16.6 Å². The van der Waals surface area contributed by atoms with Gasteiger partial charge in [0.1, 0.15) is 0 Å². The lowest BCUT2D eigenvalue weighted by Gasteiger charge is -2.62. The number of benzene rings is 1. The molecule has 0 aliphatic heterocycles. The van der Waals surface area contributed by atoms with Crippen LogP contribution in [0.2, 0.25) is 5.02 Å². The lowest BCUT2D eigenvalue weighted by atomic mass is 9.48. The lowest BCUT2D eigenvalue weighted by molar-refractivity contribution is -0.0663. The molecule has 0 unspecified atom stereocenters. The van der Waals surface area contributed by atoms with Gasteiger partial charge in [-0.1, -0.05) is 39.3 Å². The molecule has 1 aliphatic carbocycles. The van der Waals surface area contributed by atoms with Crippen molar-refractivity contribution in [1.29, 1.82) is 0 Å². The van der Waals surface area contributed by atoms with Gasteiger partial charge in [-0.15, -0.1) is 0 Å². The first-order valence-corrected chi connectivity index (χ1v) is 6.87. The Bertz CT molecular complexity index is 477. The first kappa shape index (κ1) is 14.4. The van der Waals surface area contributed by atoms with E-state index in [1.54, 1.807) is 24.3 Å². The van der Waals surface area contributed by atoms with Crippen molar-refractivity contribution < 1.29 is 4.79 Å². The Kier molecular flexibility index (Phi) is 3.40. The fourth-order valence-corrected chi connectivity index (χ4v) is 3.49. The third-order valence-electron chi connectivity index (χ3n) is 4.47. The van der Waals surface area contributed by atoms with E-state index in [2.05, 4.69) is 33.0 Å².